The maximum Gasteiger partial charge on any atom is 0.272 e. The number of carbonyl (C=O) groups is 2. The Kier molecular flexibility index (Phi) is 7.83. The van der Waals surface area contributed by atoms with Gasteiger partial charge in [0.1, 0.15) is 5.70 Å². The summed E-state index contributed by atoms with van der Waals surface area (Å²) in [5.74, 6) is -0.217. The highest BCUT2D eigenvalue weighted by atomic mass is 35.5. The molecule has 3 aromatic rings. The van der Waals surface area contributed by atoms with Gasteiger partial charge in [-0.3, -0.25) is 19.7 Å². The SMILES string of the molecule is COc1ccc(C=C(NC(=O)c2ccc(Cl)cc2)C(=O)Nc2ccc([N+](=O)[O-])cc2)cc1OC. The molecule has 2 N–H and O–H groups in total. The Bertz CT molecular complexity index is 1240. The minimum atomic E-state index is -0.633. The van der Waals surface area contributed by atoms with Gasteiger partial charge in [0.05, 0.1) is 19.1 Å². The van der Waals surface area contributed by atoms with Gasteiger partial charge in [-0.25, -0.2) is 0 Å². The lowest BCUT2D eigenvalue weighted by Crippen LogP contribution is -2.30. The van der Waals surface area contributed by atoms with Gasteiger partial charge < -0.3 is 20.1 Å². The van der Waals surface area contributed by atoms with Gasteiger partial charge >= 0.3 is 0 Å². The molecule has 2 amide bonds. The summed E-state index contributed by atoms with van der Waals surface area (Å²) in [6, 6.07) is 16.5. The summed E-state index contributed by atoms with van der Waals surface area (Å²) in [6.07, 6.45) is 1.47. The van der Waals surface area contributed by atoms with E-state index in [0.717, 1.165) is 0 Å². The molecule has 0 bridgehead atoms. The average Bonchev–Trinajstić information content (AvgIpc) is 2.84. The van der Waals surface area contributed by atoms with Gasteiger partial charge in [-0.05, 0) is 60.2 Å². The Morgan fingerprint density at radius 1 is 0.941 bits per heavy atom. The van der Waals surface area contributed by atoms with Gasteiger partial charge in [0.25, 0.3) is 17.5 Å². The summed E-state index contributed by atoms with van der Waals surface area (Å²) in [7, 11) is 2.98. The first-order valence-corrected chi connectivity index (χ1v) is 10.2. The minimum absolute atomic E-state index is 0.0643. The summed E-state index contributed by atoms with van der Waals surface area (Å²) in [5, 5.41) is 16.5. The molecule has 0 aliphatic rings. The van der Waals surface area contributed by atoms with Crippen molar-refractivity contribution in [1.82, 2.24) is 5.32 Å². The van der Waals surface area contributed by atoms with E-state index in [9.17, 15) is 19.7 Å². The number of non-ortho nitro benzene ring substituents is 1. The maximum absolute atomic E-state index is 13.0. The van der Waals surface area contributed by atoms with Crippen LogP contribution in [0.4, 0.5) is 11.4 Å². The predicted octanol–water partition coefficient (Wildman–Crippen LogP) is 4.68. The van der Waals surface area contributed by atoms with Crippen LogP contribution in [-0.4, -0.2) is 31.0 Å². The maximum atomic E-state index is 13.0. The van der Waals surface area contributed by atoms with Gasteiger partial charge in [-0.15, -0.1) is 0 Å². The summed E-state index contributed by atoms with van der Waals surface area (Å²) >= 11 is 5.88. The van der Waals surface area contributed by atoms with Crippen LogP contribution in [0.3, 0.4) is 0 Å². The third-order valence-corrected chi connectivity index (χ3v) is 4.91. The molecular formula is C24H20ClN3O6. The number of nitrogens with zero attached hydrogens (tertiary/aromatic N) is 1. The molecule has 0 aromatic heterocycles. The van der Waals surface area contributed by atoms with Crippen LogP contribution in [0.25, 0.3) is 6.08 Å². The number of benzene rings is 3. The lowest BCUT2D eigenvalue weighted by atomic mass is 10.1. The normalized spacial score (nSPS) is 10.9. The van der Waals surface area contributed by atoms with E-state index < -0.39 is 16.7 Å². The smallest absolute Gasteiger partial charge is 0.272 e. The molecule has 0 heterocycles. The van der Waals surface area contributed by atoms with Crippen molar-refractivity contribution in [3.05, 3.63) is 98.7 Å². The van der Waals surface area contributed by atoms with E-state index in [-0.39, 0.29) is 11.4 Å². The molecule has 10 heteroatoms. The van der Waals surface area contributed by atoms with E-state index in [2.05, 4.69) is 10.6 Å². The second kappa shape index (κ2) is 11.0. The number of amides is 2. The van der Waals surface area contributed by atoms with Crippen LogP contribution < -0.4 is 20.1 Å². The number of hydrogen-bond donors (Lipinski definition) is 2. The van der Waals surface area contributed by atoms with Crippen molar-refractivity contribution >= 4 is 40.9 Å². The number of halogens is 1. The number of nitro benzene ring substituents is 1. The predicted molar refractivity (Wildman–Crippen MR) is 128 cm³/mol. The second-order valence-electron chi connectivity index (χ2n) is 6.89. The molecule has 9 nitrogen and oxygen atoms in total. The van der Waals surface area contributed by atoms with Crippen LogP contribution in [0, 0.1) is 10.1 Å². The first-order chi connectivity index (χ1) is 16.3. The van der Waals surface area contributed by atoms with Crippen LogP contribution in [-0.2, 0) is 4.79 Å². The fourth-order valence-electron chi connectivity index (χ4n) is 2.93. The first kappa shape index (κ1) is 24.3. The summed E-state index contributed by atoms with van der Waals surface area (Å²) in [5.41, 5.74) is 0.990. The fraction of sp³-hybridized carbons (Fsp3) is 0.0833. The van der Waals surface area contributed by atoms with E-state index in [1.165, 1.54) is 56.7 Å². The average molecular weight is 482 g/mol. The third-order valence-electron chi connectivity index (χ3n) is 4.65. The van der Waals surface area contributed by atoms with Gasteiger partial charge in [0, 0.05) is 28.4 Å². The number of nitro groups is 1. The Morgan fingerprint density at radius 2 is 1.59 bits per heavy atom. The minimum Gasteiger partial charge on any atom is -0.493 e. The Hall–Kier alpha value is -4.37. The Balaban J connectivity index is 1.92. The monoisotopic (exact) mass is 481 g/mol. The Morgan fingerprint density at radius 3 is 2.18 bits per heavy atom. The molecule has 0 radical (unpaired) electrons. The molecule has 3 aromatic carbocycles. The number of ether oxygens (including phenoxy) is 2. The molecule has 0 aliphatic heterocycles. The summed E-state index contributed by atoms with van der Waals surface area (Å²) in [4.78, 5) is 36.1. The van der Waals surface area contributed by atoms with Crippen molar-refractivity contribution in [2.75, 3.05) is 19.5 Å². The lowest BCUT2D eigenvalue weighted by molar-refractivity contribution is -0.384. The molecule has 0 saturated heterocycles. The van der Waals surface area contributed by atoms with Crippen LogP contribution >= 0.6 is 11.6 Å². The molecule has 0 spiro atoms. The summed E-state index contributed by atoms with van der Waals surface area (Å²) in [6.45, 7) is 0. The van der Waals surface area contributed by atoms with E-state index in [1.54, 1.807) is 30.3 Å². The molecule has 0 unspecified atom stereocenters. The molecule has 34 heavy (non-hydrogen) atoms. The van der Waals surface area contributed by atoms with Gasteiger partial charge in [0.2, 0.25) is 0 Å². The van der Waals surface area contributed by atoms with Crippen molar-refractivity contribution in [2.24, 2.45) is 0 Å². The number of rotatable bonds is 8. The quantitative estimate of drug-likeness (QED) is 0.274. The highest BCUT2D eigenvalue weighted by Gasteiger charge is 2.16. The largest absolute Gasteiger partial charge is 0.493 e. The van der Waals surface area contributed by atoms with E-state index >= 15 is 0 Å². The summed E-state index contributed by atoms with van der Waals surface area (Å²) < 4.78 is 10.5. The van der Waals surface area contributed by atoms with Crippen LogP contribution in [0.15, 0.2) is 72.4 Å². The van der Waals surface area contributed by atoms with E-state index in [0.29, 0.717) is 33.3 Å². The van der Waals surface area contributed by atoms with Crippen LogP contribution in [0.2, 0.25) is 5.02 Å². The first-order valence-electron chi connectivity index (χ1n) is 9.87. The van der Waals surface area contributed by atoms with Crippen LogP contribution in [0.5, 0.6) is 11.5 Å². The zero-order valence-electron chi connectivity index (χ0n) is 18.2. The molecule has 0 aliphatic carbocycles. The second-order valence-corrected chi connectivity index (χ2v) is 7.33. The third kappa shape index (κ3) is 6.11. The molecule has 0 atom stereocenters. The standard InChI is InChI=1S/C24H20ClN3O6/c1-33-21-12-3-15(14-22(21)34-2)13-20(27-23(29)16-4-6-17(25)7-5-16)24(30)26-18-8-10-19(11-9-18)28(31)32/h3-14H,1-2H3,(H,26,30)(H,27,29). The van der Waals surface area contributed by atoms with Crippen molar-refractivity contribution in [3.63, 3.8) is 0 Å². The van der Waals surface area contributed by atoms with Gasteiger partial charge in [-0.2, -0.15) is 0 Å². The molecule has 3 rings (SSSR count). The number of hydrogen-bond acceptors (Lipinski definition) is 6. The lowest BCUT2D eigenvalue weighted by Gasteiger charge is -2.12. The fourth-order valence-corrected chi connectivity index (χ4v) is 3.05. The molecule has 174 valence electrons. The van der Waals surface area contributed by atoms with Crippen molar-refractivity contribution in [1.29, 1.82) is 0 Å². The number of nitrogens with one attached hydrogen (secondary N) is 2. The topological polar surface area (TPSA) is 120 Å². The zero-order chi connectivity index (χ0) is 24.7. The Labute approximate surface area is 200 Å². The molecule has 0 saturated carbocycles. The van der Waals surface area contributed by atoms with Gasteiger partial charge in [-0.1, -0.05) is 17.7 Å². The van der Waals surface area contributed by atoms with E-state index in [4.69, 9.17) is 21.1 Å². The number of anilines is 1. The highest BCUT2D eigenvalue weighted by molar-refractivity contribution is 6.30. The molecule has 0 fully saturated rings. The molecular weight excluding hydrogens is 462 g/mol. The number of methoxy groups -OCH3 is 2. The number of carbonyl (C=O) groups excluding carboxylic acids is 2. The van der Waals surface area contributed by atoms with Crippen molar-refractivity contribution < 1.29 is 24.0 Å². The van der Waals surface area contributed by atoms with Crippen molar-refractivity contribution in [3.8, 4) is 11.5 Å². The van der Waals surface area contributed by atoms with Gasteiger partial charge in [0.15, 0.2) is 11.5 Å². The van der Waals surface area contributed by atoms with Crippen LogP contribution in [0.1, 0.15) is 15.9 Å². The highest BCUT2D eigenvalue weighted by Crippen LogP contribution is 2.28. The zero-order valence-corrected chi connectivity index (χ0v) is 19.0. The van der Waals surface area contributed by atoms with Crippen molar-refractivity contribution in [2.45, 2.75) is 0 Å². The van der Waals surface area contributed by atoms with E-state index in [1.807, 2.05) is 0 Å².